The summed E-state index contributed by atoms with van der Waals surface area (Å²) in [5.41, 5.74) is 2.42. The SMILES string of the molecule is C1=CCC(Nc2ccccc2)=C1.CC. The minimum Gasteiger partial charge on any atom is -0.359 e. The number of nitrogens with one attached hydrogen (secondary N) is 1. The van der Waals surface area contributed by atoms with Gasteiger partial charge < -0.3 is 5.32 Å². The van der Waals surface area contributed by atoms with E-state index in [4.69, 9.17) is 0 Å². The van der Waals surface area contributed by atoms with Gasteiger partial charge in [0, 0.05) is 17.8 Å². The molecule has 0 unspecified atom stereocenters. The molecule has 0 spiro atoms. The minimum atomic E-state index is 1.02. The third-order valence-electron chi connectivity index (χ3n) is 1.85. The zero-order chi connectivity index (χ0) is 10.2. The third-order valence-corrected chi connectivity index (χ3v) is 1.85. The Morgan fingerprint density at radius 2 is 1.79 bits per heavy atom. The Kier molecular flexibility index (Phi) is 4.56. The quantitative estimate of drug-likeness (QED) is 0.738. The van der Waals surface area contributed by atoms with Crippen molar-refractivity contribution in [3.63, 3.8) is 0 Å². The van der Waals surface area contributed by atoms with Crippen LogP contribution in [0.1, 0.15) is 20.3 Å². The van der Waals surface area contributed by atoms with E-state index in [2.05, 4.69) is 35.7 Å². The summed E-state index contributed by atoms with van der Waals surface area (Å²) in [6.07, 6.45) is 7.35. The normalized spacial score (nSPS) is 12.9. The van der Waals surface area contributed by atoms with Crippen LogP contribution in [0, 0.1) is 0 Å². The van der Waals surface area contributed by atoms with Crippen LogP contribution in [0.25, 0.3) is 0 Å². The van der Waals surface area contributed by atoms with E-state index in [1.807, 2.05) is 32.0 Å². The monoisotopic (exact) mass is 187 g/mol. The van der Waals surface area contributed by atoms with Gasteiger partial charge >= 0.3 is 0 Å². The lowest BCUT2D eigenvalue weighted by Crippen LogP contribution is -1.95. The lowest BCUT2D eigenvalue weighted by atomic mass is 10.3. The van der Waals surface area contributed by atoms with Gasteiger partial charge in [0.15, 0.2) is 0 Å². The van der Waals surface area contributed by atoms with Gasteiger partial charge in [0.05, 0.1) is 0 Å². The van der Waals surface area contributed by atoms with Gasteiger partial charge in [-0.15, -0.1) is 0 Å². The molecule has 0 atom stereocenters. The number of para-hydroxylation sites is 1. The number of anilines is 1. The van der Waals surface area contributed by atoms with Crippen molar-refractivity contribution in [2.24, 2.45) is 0 Å². The van der Waals surface area contributed by atoms with Gasteiger partial charge in [0.25, 0.3) is 0 Å². The smallest absolute Gasteiger partial charge is 0.0381 e. The molecule has 1 aromatic rings. The minimum absolute atomic E-state index is 1.02. The van der Waals surface area contributed by atoms with E-state index in [-0.39, 0.29) is 0 Å². The fraction of sp³-hybridized carbons (Fsp3) is 0.231. The average Bonchev–Trinajstić information content (AvgIpc) is 2.75. The summed E-state index contributed by atoms with van der Waals surface area (Å²) >= 11 is 0. The molecule has 74 valence electrons. The first-order valence-corrected chi connectivity index (χ1v) is 5.13. The molecule has 14 heavy (non-hydrogen) atoms. The first-order chi connectivity index (χ1) is 6.95. The Hall–Kier alpha value is -1.50. The molecule has 1 N–H and O–H groups in total. The second-order valence-electron chi connectivity index (χ2n) is 2.82. The molecule has 2 rings (SSSR count). The van der Waals surface area contributed by atoms with Gasteiger partial charge in [-0.2, -0.15) is 0 Å². The van der Waals surface area contributed by atoms with E-state index < -0.39 is 0 Å². The molecule has 1 aromatic carbocycles. The zero-order valence-electron chi connectivity index (χ0n) is 8.83. The molecule has 0 bridgehead atoms. The highest BCUT2D eigenvalue weighted by molar-refractivity contribution is 5.49. The Balaban J connectivity index is 0.000000461. The van der Waals surface area contributed by atoms with Crippen molar-refractivity contribution in [2.75, 3.05) is 5.32 Å². The van der Waals surface area contributed by atoms with E-state index in [1.54, 1.807) is 0 Å². The van der Waals surface area contributed by atoms with Crippen molar-refractivity contribution < 1.29 is 0 Å². The van der Waals surface area contributed by atoms with Crippen molar-refractivity contribution in [3.05, 3.63) is 54.3 Å². The summed E-state index contributed by atoms with van der Waals surface area (Å²) in [5.74, 6) is 0. The standard InChI is InChI=1S/C11H11N.C2H6/c1-2-6-10(7-3-1)12-11-8-4-5-9-11;1-2/h1-8,12H,9H2;1-2H3. The van der Waals surface area contributed by atoms with Crippen molar-refractivity contribution in [3.8, 4) is 0 Å². The molecular formula is C13H17N. The highest BCUT2D eigenvalue weighted by Gasteiger charge is 1.97. The van der Waals surface area contributed by atoms with Crippen molar-refractivity contribution in [2.45, 2.75) is 20.3 Å². The second kappa shape index (κ2) is 6.03. The van der Waals surface area contributed by atoms with Crippen LogP contribution in [0.2, 0.25) is 0 Å². The van der Waals surface area contributed by atoms with Crippen molar-refractivity contribution in [1.82, 2.24) is 0 Å². The lowest BCUT2D eigenvalue weighted by Gasteiger charge is -2.05. The summed E-state index contributed by atoms with van der Waals surface area (Å²) in [7, 11) is 0. The molecule has 0 saturated heterocycles. The molecule has 1 aliphatic rings. The molecular weight excluding hydrogens is 170 g/mol. The van der Waals surface area contributed by atoms with Gasteiger partial charge in [-0.05, 0) is 18.2 Å². The molecule has 0 aromatic heterocycles. The Labute approximate surface area is 86.2 Å². The second-order valence-corrected chi connectivity index (χ2v) is 2.82. The molecule has 0 radical (unpaired) electrons. The Bertz CT molecular complexity index is 309. The predicted molar refractivity (Wildman–Crippen MR) is 63.3 cm³/mol. The van der Waals surface area contributed by atoms with E-state index >= 15 is 0 Å². The average molecular weight is 187 g/mol. The van der Waals surface area contributed by atoms with Gasteiger partial charge in [-0.3, -0.25) is 0 Å². The van der Waals surface area contributed by atoms with Gasteiger partial charge in [-0.25, -0.2) is 0 Å². The highest BCUT2D eigenvalue weighted by atomic mass is 14.9. The number of rotatable bonds is 2. The van der Waals surface area contributed by atoms with Gasteiger partial charge in [-0.1, -0.05) is 44.2 Å². The number of benzene rings is 1. The van der Waals surface area contributed by atoms with Crippen LogP contribution in [-0.2, 0) is 0 Å². The molecule has 1 aliphatic carbocycles. The maximum Gasteiger partial charge on any atom is 0.0381 e. The fourth-order valence-corrected chi connectivity index (χ4v) is 1.25. The van der Waals surface area contributed by atoms with E-state index in [0.717, 1.165) is 12.1 Å². The molecule has 0 amide bonds. The summed E-state index contributed by atoms with van der Waals surface area (Å²) in [4.78, 5) is 0. The zero-order valence-corrected chi connectivity index (χ0v) is 8.83. The maximum atomic E-state index is 3.34. The van der Waals surface area contributed by atoms with E-state index in [1.165, 1.54) is 5.70 Å². The van der Waals surface area contributed by atoms with Crippen molar-refractivity contribution >= 4 is 5.69 Å². The largest absolute Gasteiger partial charge is 0.359 e. The molecule has 0 aliphatic heterocycles. The summed E-state index contributed by atoms with van der Waals surface area (Å²) < 4.78 is 0. The topological polar surface area (TPSA) is 12.0 Å². The van der Waals surface area contributed by atoms with Crippen molar-refractivity contribution in [1.29, 1.82) is 0 Å². The van der Waals surface area contributed by atoms with Crippen LogP contribution >= 0.6 is 0 Å². The summed E-state index contributed by atoms with van der Waals surface area (Å²) in [6, 6.07) is 10.2. The molecule has 0 fully saturated rings. The Morgan fingerprint density at radius 3 is 2.36 bits per heavy atom. The first kappa shape index (κ1) is 10.6. The number of hydrogen-bond donors (Lipinski definition) is 1. The van der Waals surface area contributed by atoms with Crippen LogP contribution in [0.15, 0.2) is 54.3 Å². The summed E-state index contributed by atoms with van der Waals surface area (Å²) in [6.45, 7) is 4.00. The molecule has 1 heteroatoms. The third kappa shape index (κ3) is 3.09. The van der Waals surface area contributed by atoms with E-state index in [9.17, 15) is 0 Å². The van der Waals surface area contributed by atoms with Crippen LogP contribution in [0.5, 0.6) is 0 Å². The van der Waals surface area contributed by atoms with Gasteiger partial charge in [0.2, 0.25) is 0 Å². The first-order valence-electron chi connectivity index (χ1n) is 5.13. The number of allylic oxidation sites excluding steroid dienone is 3. The predicted octanol–water partition coefficient (Wildman–Crippen LogP) is 3.97. The van der Waals surface area contributed by atoms with Crippen LogP contribution < -0.4 is 5.32 Å². The lowest BCUT2D eigenvalue weighted by molar-refractivity contribution is 1.25. The Morgan fingerprint density at radius 1 is 1.07 bits per heavy atom. The molecule has 1 nitrogen and oxygen atoms in total. The van der Waals surface area contributed by atoms with Crippen LogP contribution in [0.4, 0.5) is 5.69 Å². The van der Waals surface area contributed by atoms with Crippen LogP contribution in [0.3, 0.4) is 0 Å². The molecule has 0 heterocycles. The number of hydrogen-bond acceptors (Lipinski definition) is 1. The molecule has 0 saturated carbocycles. The summed E-state index contributed by atoms with van der Waals surface area (Å²) in [5, 5.41) is 3.34. The highest BCUT2D eigenvalue weighted by Crippen LogP contribution is 2.14. The van der Waals surface area contributed by atoms with Gasteiger partial charge in [0.1, 0.15) is 0 Å². The maximum absolute atomic E-state index is 3.34. The van der Waals surface area contributed by atoms with E-state index in [0.29, 0.717) is 0 Å². The fourth-order valence-electron chi connectivity index (χ4n) is 1.25. The van der Waals surface area contributed by atoms with Crippen LogP contribution in [-0.4, -0.2) is 0 Å².